The Balaban J connectivity index is 3.56. The van der Waals surface area contributed by atoms with Crippen LogP contribution < -0.4 is 5.32 Å². The van der Waals surface area contributed by atoms with Crippen LogP contribution in [0, 0.1) is 0 Å². The molecule has 0 fully saturated rings. The number of rotatable bonds is 6. The molecule has 1 N–H and O–H groups in total. The van der Waals surface area contributed by atoms with Crippen LogP contribution in [0.2, 0.25) is 0 Å². The highest BCUT2D eigenvalue weighted by molar-refractivity contribution is 5.70. The van der Waals surface area contributed by atoms with Crippen molar-refractivity contribution in [2.45, 2.75) is 45.8 Å². The van der Waals surface area contributed by atoms with E-state index in [4.69, 9.17) is 4.74 Å². The third-order valence-corrected chi connectivity index (χ3v) is 2.25. The van der Waals surface area contributed by atoms with E-state index in [9.17, 15) is 4.79 Å². The van der Waals surface area contributed by atoms with E-state index in [-0.39, 0.29) is 11.6 Å². The largest absolute Gasteiger partial charge is 0.460 e. The average Bonchev–Trinajstić information content (AvgIpc) is 2.08. The Labute approximate surface area is 99.3 Å². The lowest BCUT2D eigenvalue weighted by atomic mass is 10.2. The molecule has 1 atom stereocenters. The minimum Gasteiger partial charge on any atom is -0.460 e. The molecule has 4 heteroatoms. The maximum Gasteiger partial charge on any atom is 0.307 e. The van der Waals surface area contributed by atoms with Crippen molar-refractivity contribution in [1.29, 1.82) is 0 Å². The predicted molar refractivity (Wildman–Crippen MR) is 66.5 cm³/mol. The number of esters is 1. The first-order valence-corrected chi connectivity index (χ1v) is 5.81. The molecule has 0 saturated carbocycles. The minimum atomic E-state index is -0.381. The van der Waals surface area contributed by atoms with Gasteiger partial charge in [-0.1, -0.05) is 0 Å². The molecular formula is C12H26N2O2. The second-order valence-corrected chi connectivity index (χ2v) is 5.35. The molecule has 16 heavy (non-hydrogen) atoms. The second-order valence-electron chi connectivity index (χ2n) is 5.35. The van der Waals surface area contributed by atoms with E-state index in [1.807, 2.05) is 34.9 Å². The molecule has 0 heterocycles. The predicted octanol–water partition coefficient (Wildman–Crippen LogP) is 1.26. The first-order valence-electron chi connectivity index (χ1n) is 5.81. The average molecular weight is 230 g/mol. The highest BCUT2D eigenvalue weighted by Gasteiger charge is 2.15. The van der Waals surface area contributed by atoms with E-state index in [1.54, 1.807) is 0 Å². The summed E-state index contributed by atoms with van der Waals surface area (Å²) in [7, 11) is 4.08. The molecule has 0 aliphatic carbocycles. The highest BCUT2D eigenvalue weighted by Crippen LogP contribution is 2.07. The molecule has 0 rings (SSSR count). The molecule has 0 bridgehead atoms. The van der Waals surface area contributed by atoms with Crippen LogP contribution in [0.3, 0.4) is 0 Å². The Hall–Kier alpha value is -0.610. The summed E-state index contributed by atoms with van der Waals surface area (Å²) in [6.07, 6.45) is 0.428. The Morgan fingerprint density at radius 3 is 2.38 bits per heavy atom. The first kappa shape index (κ1) is 15.4. The van der Waals surface area contributed by atoms with Crippen LogP contribution in [0.15, 0.2) is 0 Å². The van der Waals surface area contributed by atoms with Gasteiger partial charge in [0, 0.05) is 19.1 Å². The number of hydrogen-bond donors (Lipinski definition) is 1. The lowest BCUT2D eigenvalue weighted by molar-refractivity contribution is -0.154. The Morgan fingerprint density at radius 2 is 1.94 bits per heavy atom. The fourth-order valence-electron chi connectivity index (χ4n) is 1.08. The molecule has 0 aliphatic heterocycles. The van der Waals surface area contributed by atoms with Crippen molar-refractivity contribution < 1.29 is 9.53 Å². The van der Waals surface area contributed by atoms with Gasteiger partial charge in [0.05, 0.1) is 6.42 Å². The SMILES string of the molecule is CC(CNCCC(=O)OC(C)(C)C)N(C)C. The summed E-state index contributed by atoms with van der Waals surface area (Å²) >= 11 is 0. The minimum absolute atomic E-state index is 0.141. The van der Waals surface area contributed by atoms with Gasteiger partial charge >= 0.3 is 5.97 Å². The maximum absolute atomic E-state index is 11.4. The molecule has 0 aromatic heterocycles. The van der Waals surface area contributed by atoms with Gasteiger partial charge in [-0.2, -0.15) is 0 Å². The molecule has 0 aliphatic rings. The molecular weight excluding hydrogens is 204 g/mol. The van der Waals surface area contributed by atoms with E-state index in [0.717, 1.165) is 6.54 Å². The molecule has 4 nitrogen and oxygen atoms in total. The maximum atomic E-state index is 11.4. The van der Waals surface area contributed by atoms with Crippen LogP contribution in [0.4, 0.5) is 0 Å². The van der Waals surface area contributed by atoms with Gasteiger partial charge in [0.15, 0.2) is 0 Å². The number of nitrogens with zero attached hydrogens (tertiary/aromatic N) is 1. The van der Waals surface area contributed by atoms with Gasteiger partial charge in [-0.15, -0.1) is 0 Å². The van der Waals surface area contributed by atoms with Crippen molar-refractivity contribution in [3.63, 3.8) is 0 Å². The Morgan fingerprint density at radius 1 is 1.38 bits per heavy atom. The Kier molecular flexibility index (Phi) is 6.60. The molecule has 0 aromatic carbocycles. The number of carbonyl (C=O) groups excluding carboxylic acids is 1. The van der Waals surface area contributed by atoms with Gasteiger partial charge in [0.25, 0.3) is 0 Å². The normalized spacial score (nSPS) is 13.9. The number of nitrogens with one attached hydrogen (secondary N) is 1. The van der Waals surface area contributed by atoms with Crippen molar-refractivity contribution in [1.82, 2.24) is 10.2 Å². The summed E-state index contributed by atoms with van der Waals surface area (Å²) in [6, 6.07) is 0.471. The zero-order valence-electron chi connectivity index (χ0n) is 11.5. The molecule has 0 spiro atoms. The van der Waals surface area contributed by atoms with Gasteiger partial charge in [-0.25, -0.2) is 0 Å². The lowest BCUT2D eigenvalue weighted by Crippen LogP contribution is -2.36. The van der Waals surface area contributed by atoms with Crippen LogP contribution in [-0.2, 0) is 9.53 Å². The third kappa shape index (κ3) is 8.68. The summed E-state index contributed by atoms with van der Waals surface area (Å²) in [4.78, 5) is 13.5. The quantitative estimate of drug-likeness (QED) is 0.551. The topological polar surface area (TPSA) is 41.6 Å². The fourth-order valence-corrected chi connectivity index (χ4v) is 1.08. The van der Waals surface area contributed by atoms with Crippen LogP contribution in [0.25, 0.3) is 0 Å². The van der Waals surface area contributed by atoms with E-state index < -0.39 is 0 Å². The summed E-state index contributed by atoms with van der Waals surface area (Å²) in [5, 5.41) is 3.24. The van der Waals surface area contributed by atoms with Crippen molar-refractivity contribution in [2.24, 2.45) is 0 Å². The monoisotopic (exact) mass is 230 g/mol. The van der Waals surface area contributed by atoms with Gasteiger partial charge in [-0.05, 0) is 41.8 Å². The van der Waals surface area contributed by atoms with E-state index in [2.05, 4.69) is 17.1 Å². The van der Waals surface area contributed by atoms with Gasteiger partial charge in [-0.3, -0.25) is 4.79 Å². The van der Waals surface area contributed by atoms with Crippen LogP contribution in [-0.4, -0.2) is 49.7 Å². The second kappa shape index (κ2) is 6.86. The van der Waals surface area contributed by atoms with Crippen molar-refractivity contribution in [2.75, 3.05) is 27.2 Å². The van der Waals surface area contributed by atoms with Gasteiger partial charge < -0.3 is 15.0 Å². The fraction of sp³-hybridized carbons (Fsp3) is 0.917. The van der Waals surface area contributed by atoms with E-state index in [1.165, 1.54) is 0 Å². The number of hydrogen-bond acceptors (Lipinski definition) is 4. The summed E-state index contributed by atoms with van der Waals surface area (Å²) in [5.74, 6) is -0.141. The first-order chi connectivity index (χ1) is 7.22. The van der Waals surface area contributed by atoms with Crippen LogP contribution in [0.5, 0.6) is 0 Å². The number of ether oxygens (including phenoxy) is 1. The summed E-state index contributed by atoms with van der Waals surface area (Å²) < 4.78 is 5.20. The molecule has 0 saturated heterocycles. The molecule has 1 unspecified atom stereocenters. The number of carbonyl (C=O) groups is 1. The standard InChI is InChI=1S/C12H26N2O2/c1-10(14(5)6)9-13-8-7-11(15)16-12(2,3)4/h10,13H,7-9H2,1-6H3. The smallest absolute Gasteiger partial charge is 0.307 e. The third-order valence-electron chi connectivity index (χ3n) is 2.25. The zero-order valence-corrected chi connectivity index (χ0v) is 11.5. The van der Waals surface area contributed by atoms with Crippen molar-refractivity contribution >= 4 is 5.97 Å². The van der Waals surface area contributed by atoms with Crippen LogP contribution in [0.1, 0.15) is 34.1 Å². The van der Waals surface area contributed by atoms with Crippen LogP contribution >= 0.6 is 0 Å². The van der Waals surface area contributed by atoms with Gasteiger partial charge in [0.1, 0.15) is 5.60 Å². The lowest BCUT2D eigenvalue weighted by Gasteiger charge is -2.21. The summed E-state index contributed by atoms with van der Waals surface area (Å²) in [5.41, 5.74) is -0.381. The molecule has 0 aromatic rings. The molecule has 0 amide bonds. The number of likely N-dealkylation sites (N-methyl/N-ethyl adjacent to an activating group) is 1. The van der Waals surface area contributed by atoms with Crippen molar-refractivity contribution in [3.05, 3.63) is 0 Å². The van der Waals surface area contributed by atoms with Gasteiger partial charge in [0.2, 0.25) is 0 Å². The molecule has 0 radical (unpaired) electrons. The van der Waals surface area contributed by atoms with E-state index in [0.29, 0.717) is 19.0 Å². The Bertz CT molecular complexity index is 210. The zero-order chi connectivity index (χ0) is 12.8. The molecule has 96 valence electrons. The highest BCUT2D eigenvalue weighted by atomic mass is 16.6. The van der Waals surface area contributed by atoms with Crippen molar-refractivity contribution in [3.8, 4) is 0 Å². The van der Waals surface area contributed by atoms with E-state index >= 15 is 0 Å². The summed E-state index contributed by atoms with van der Waals surface area (Å²) in [6.45, 7) is 9.34.